The van der Waals surface area contributed by atoms with Crippen LogP contribution < -0.4 is 10.2 Å². The minimum absolute atomic E-state index is 0.0437. The van der Waals surface area contributed by atoms with E-state index in [0.717, 1.165) is 45.4 Å². The average Bonchev–Trinajstić information content (AvgIpc) is 3.50. The molecule has 164 valence electrons. The zero-order valence-electron chi connectivity index (χ0n) is 18.0. The number of piperidine rings is 1. The molecule has 0 atom stereocenters. The van der Waals surface area contributed by atoms with Crippen molar-refractivity contribution < 1.29 is 9.59 Å². The molecule has 1 aromatic heterocycles. The fourth-order valence-corrected chi connectivity index (χ4v) is 5.36. The Morgan fingerprint density at radius 2 is 1.81 bits per heavy atom. The molecule has 2 amide bonds. The predicted octanol–water partition coefficient (Wildman–Crippen LogP) is 4.92. The number of thiophene rings is 1. The first kappa shape index (κ1) is 20.8. The number of hydrogen-bond acceptors (Lipinski definition) is 4. The summed E-state index contributed by atoms with van der Waals surface area (Å²) in [5, 5.41) is 4.77. The van der Waals surface area contributed by atoms with Crippen molar-refractivity contribution in [2.75, 3.05) is 36.4 Å². The number of nitrogens with zero attached hydrogens (tertiary/aromatic N) is 2. The van der Waals surface area contributed by atoms with E-state index >= 15 is 0 Å². The van der Waals surface area contributed by atoms with Gasteiger partial charge in [0, 0.05) is 43.1 Å². The van der Waals surface area contributed by atoms with E-state index in [2.05, 4.69) is 34.5 Å². The number of benzene rings is 2. The van der Waals surface area contributed by atoms with Crippen LogP contribution in [-0.2, 0) is 6.42 Å². The number of anilines is 2. The van der Waals surface area contributed by atoms with Crippen LogP contribution in [0.15, 0.2) is 66.0 Å². The lowest BCUT2D eigenvalue weighted by molar-refractivity contribution is 0.0692. The van der Waals surface area contributed by atoms with E-state index in [1.807, 2.05) is 34.5 Å². The number of carbonyl (C=O) groups is 2. The van der Waals surface area contributed by atoms with E-state index in [1.54, 1.807) is 12.1 Å². The Bertz CT molecular complexity index is 1100. The third kappa shape index (κ3) is 4.41. The lowest BCUT2D eigenvalue weighted by Crippen LogP contribution is -2.41. The second-order valence-corrected chi connectivity index (χ2v) is 9.52. The Morgan fingerprint density at radius 3 is 2.62 bits per heavy atom. The summed E-state index contributed by atoms with van der Waals surface area (Å²) in [5.41, 5.74) is 4.11. The van der Waals surface area contributed by atoms with Crippen molar-refractivity contribution in [1.82, 2.24) is 4.90 Å². The summed E-state index contributed by atoms with van der Waals surface area (Å²) in [7, 11) is 0. The third-order valence-corrected chi connectivity index (χ3v) is 7.34. The number of nitrogens with one attached hydrogen (secondary N) is 1. The van der Waals surface area contributed by atoms with E-state index in [0.29, 0.717) is 22.0 Å². The molecular weight excluding hydrogens is 418 g/mol. The highest BCUT2D eigenvalue weighted by molar-refractivity contribution is 7.12. The van der Waals surface area contributed by atoms with Crippen LogP contribution in [0.3, 0.4) is 0 Å². The van der Waals surface area contributed by atoms with E-state index in [9.17, 15) is 9.59 Å². The normalized spacial score (nSPS) is 16.1. The van der Waals surface area contributed by atoms with Gasteiger partial charge in [-0.05, 0) is 66.5 Å². The highest BCUT2D eigenvalue weighted by Crippen LogP contribution is 2.30. The summed E-state index contributed by atoms with van der Waals surface area (Å²) < 4.78 is 0. The second kappa shape index (κ2) is 9.17. The molecule has 1 saturated heterocycles. The van der Waals surface area contributed by atoms with Crippen LogP contribution in [0.5, 0.6) is 0 Å². The minimum Gasteiger partial charge on any atom is -0.371 e. The number of likely N-dealkylation sites (tertiary alicyclic amines) is 1. The Kier molecular flexibility index (Phi) is 5.95. The highest BCUT2D eigenvalue weighted by Gasteiger charge is 2.27. The SMILES string of the molecule is O=C(Nc1cccc(C(=O)N2CCC(CN3CCc4ccccc43)CC2)c1)c1cccs1. The lowest BCUT2D eigenvalue weighted by Gasteiger charge is -2.34. The third-order valence-electron chi connectivity index (χ3n) is 6.48. The fourth-order valence-electron chi connectivity index (χ4n) is 4.74. The Balaban J connectivity index is 1.17. The van der Waals surface area contributed by atoms with Gasteiger partial charge in [-0.2, -0.15) is 0 Å². The van der Waals surface area contributed by atoms with Gasteiger partial charge in [0.2, 0.25) is 0 Å². The topological polar surface area (TPSA) is 52.7 Å². The van der Waals surface area contributed by atoms with Crippen molar-refractivity contribution in [3.8, 4) is 0 Å². The number of hydrogen-bond donors (Lipinski definition) is 1. The standard InChI is InChI=1S/C26H27N3O2S/c30-25(24-9-4-16-32-24)27-22-7-3-6-21(17-22)26(31)28-13-10-19(11-14-28)18-29-15-12-20-5-1-2-8-23(20)29/h1-9,16-17,19H,10-15,18H2,(H,27,30). The molecule has 0 saturated carbocycles. The van der Waals surface area contributed by atoms with Crippen LogP contribution in [0.4, 0.5) is 11.4 Å². The second-order valence-electron chi connectivity index (χ2n) is 8.57. The van der Waals surface area contributed by atoms with Gasteiger partial charge < -0.3 is 15.1 Å². The van der Waals surface area contributed by atoms with Crippen molar-refractivity contribution >= 4 is 34.5 Å². The largest absolute Gasteiger partial charge is 0.371 e. The summed E-state index contributed by atoms with van der Waals surface area (Å²) in [6.07, 6.45) is 3.19. The van der Waals surface area contributed by atoms with Crippen molar-refractivity contribution in [3.63, 3.8) is 0 Å². The molecule has 5 rings (SSSR count). The Morgan fingerprint density at radius 1 is 0.969 bits per heavy atom. The zero-order valence-corrected chi connectivity index (χ0v) is 18.8. The first-order chi connectivity index (χ1) is 15.7. The molecule has 0 radical (unpaired) electrons. The molecule has 5 nitrogen and oxygen atoms in total. The highest BCUT2D eigenvalue weighted by atomic mass is 32.1. The monoisotopic (exact) mass is 445 g/mol. The molecule has 1 N–H and O–H groups in total. The summed E-state index contributed by atoms with van der Waals surface area (Å²) in [4.78, 5) is 30.5. The van der Waals surface area contributed by atoms with Crippen LogP contribution >= 0.6 is 11.3 Å². The maximum Gasteiger partial charge on any atom is 0.265 e. The molecule has 2 aliphatic rings. The van der Waals surface area contributed by atoms with Gasteiger partial charge >= 0.3 is 0 Å². The number of rotatable bonds is 5. The Labute approximate surface area is 192 Å². The molecule has 0 unspecified atom stereocenters. The van der Waals surface area contributed by atoms with Gasteiger partial charge in [-0.1, -0.05) is 30.3 Å². The molecule has 2 aromatic carbocycles. The summed E-state index contributed by atoms with van der Waals surface area (Å²) >= 11 is 1.40. The number of amides is 2. The molecule has 3 heterocycles. The van der Waals surface area contributed by atoms with Gasteiger partial charge in [0.1, 0.15) is 0 Å². The molecule has 32 heavy (non-hydrogen) atoms. The quantitative estimate of drug-likeness (QED) is 0.607. The van der Waals surface area contributed by atoms with E-state index in [1.165, 1.54) is 22.6 Å². The van der Waals surface area contributed by atoms with Crippen molar-refractivity contribution in [1.29, 1.82) is 0 Å². The molecular formula is C26H27N3O2S. The molecule has 0 spiro atoms. The van der Waals surface area contributed by atoms with Crippen LogP contribution in [0.2, 0.25) is 0 Å². The minimum atomic E-state index is -0.145. The van der Waals surface area contributed by atoms with E-state index < -0.39 is 0 Å². The zero-order chi connectivity index (χ0) is 21.9. The molecule has 0 aliphatic carbocycles. The van der Waals surface area contributed by atoms with Gasteiger partial charge in [0.05, 0.1) is 4.88 Å². The molecule has 0 bridgehead atoms. The first-order valence-electron chi connectivity index (χ1n) is 11.2. The molecule has 2 aliphatic heterocycles. The average molecular weight is 446 g/mol. The van der Waals surface area contributed by atoms with Crippen molar-refractivity contribution in [3.05, 3.63) is 82.0 Å². The molecule has 1 fully saturated rings. The van der Waals surface area contributed by atoms with Crippen molar-refractivity contribution in [2.45, 2.75) is 19.3 Å². The molecule has 3 aromatic rings. The van der Waals surface area contributed by atoms with Gasteiger partial charge in [-0.15, -0.1) is 11.3 Å². The summed E-state index contributed by atoms with van der Waals surface area (Å²) in [6.45, 7) is 3.74. The van der Waals surface area contributed by atoms with Crippen LogP contribution in [0.1, 0.15) is 38.4 Å². The first-order valence-corrected chi connectivity index (χ1v) is 12.1. The van der Waals surface area contributed by atoms with Crippen LogP contribution in [0.25, 0.3) is 0 Å². The van der Waals surface area contributed by atoms with Crippen molar-refractivity contribution in [2.24, 2.45) is 5.92 Å². The number of carbonyl (C=O) groups excluding carboxylic acids is 2. The van der Waals surface area contributed by atoms with Gasteiger partial charge in [-0.25, -0.2) is 0 Å². The number of fused-ring (bicyclic) bond motifs is 1. The fraction of sp³-hybridized carbons (Fsp3) is 0.308. The Hall–Kier alpha value is -3.12. The van der Waals surface area contributed by atoms with Crippen LogP contribution in [0, 0.1) is 5.92 Å². The number of para-hydroxylation sites is 1. The lowest BCUT2D eigenvalue weighted by atomic mass is 9.95. The van der Waals surface area contributed by atoms with E-state index in [-0.39, 0.29) is 11.8 Å². The van der Waals surface area contributed by atoms with Gasteiger partial charge in [-0.3, -0.25) is 9.59 Å². The van der Waals surface area contributed by atoms with E-state index in [4.69, 9.17) is 0 Å². The maximum atomic E-state index is 13.1. The molecule has 6 heteroatoms. The van der Waals surface area contributed by atoms with Gasteiger partial charge in [0.15, 0.2) is 0 Å². The summed E-state index contributed by atoms with van der Waals surface area (Å²) in [5.74, 6) is 0.512. The maximum absolute atomic E-state index is 13.1. The predicted molar refractivity (Wildman–Crippen MR) is 130 cm³/mol. The van der Waals surface area contributed by atoms with Gasteiger partial charge in [0.25, 0.3) is 11.8 Å². The summed E-state index contributed by atoms with van der Waals surface area (Å²) in [6, 6.07) is 19.6. The van der Waals surface area contributed by atoms with Crippen LogP contribution in [-0.4, -0.2) is 42.9 Å². The smallest absolute Gasteiger partial charge is 0.265 e.